The Balaban J connectivity index is 1.23. The second-order valence-corrected chi connectivity index (χ2v) is 25.1. The molecule has 0 unspecified atom stereocenters. The first-order valence-corrected chi connectivity index (χ1v) is 26.9. The van der Waals surface area contributed by atoms with Gasteiger partial charge in [-0.2, -0.15) is 0 Å². The van der Waals surface area contributed by atoms with Gasteiger partial charge in [-0.3, -0.25) is 0 Å². The standard InChI is InChI=1S/C70H68BN3O/c1-67(2,3)46-25-19-29-51(39-46)73-60-41-48(69(7,8)9)35-37-57(60)71-58-38-36-49(70(10,11)12)42-61(58)74(52-30-20-26-47(40-52)68(4,5)6)63-44-53(43-62(73)64(63)71)72(50-27-17-14-18-28-50)59-34-22-33-56-55-32-21-31-54(65(55)75-66(56)59)45-23-15-13-16-24-45/h13-44H,1-12H3. The van der Waals surface area contributed by atoms with Gasteiger partial charge in [-0.15, -0.1) is 0 Å². The molecule has 3 heterocycles. The van der Waals surface area contributed by atoms with Crippen molar-refractivity contribution in [1.29, 1.82) is 0 Å². The Labute approximate surface area is 445 Å². The maximum Gasteiger partial charge on any atom is 0.252 e. The minimum atomic E-state index is -0.0854. The normalized spacial score (nSPS) is 13.5. The molecule has 0 amide bonds. The fourth-order valence-electron chi connectivity index (χ4n) is 11.6. The van der Waals surface area contributed by atoms with Crippen LogP contribution in [0.25, 0.3) is 33.1 Å². The highest BCUT2D eigenvalue weighted by Crippen LogP contribution is 2.51. The van der Waals surface area contributed by atoms with E-state index in [2.05, 4.69) is 292 Å². The van der Waals surface area contributed by atoms with Crippen molar-refractivity contribution in [3.63, 3.8) is 0 Å². The lowest BCUT2D eigenvalue weighted by atomic mass is 9.33. The largest absolute Gasteiger partial charge is 0.453 e. The van der Waals surface area contributed by atoms with E-state index in [0.29, 0.717) is 0 Å². The van der Waals surface area contributed by atoms with E-state index in [4.69, 9.17) is 4.42 Å². The van der Waals surface area contributed by atoms with Crippen LogP contribution in [0.1, 0.15) is 105 Å². The number of fused-ring (bicyclic) bond motifs is 7. The topological polar surface area (TPSA) is 22.9 Å². The van der Waals surface area contributed by atoms with E-state index in [-0.39, 0.29) is 28.4 Å². The molecular weight excluding hydrogens is 910 g/mol. The zero-order valence-electron chi connectivity index (χ0n) is 45.8. The minimum absolute atomic E-state index is 0.0541. The molecule has 2 aliphatic heterocycles. The van der Waals surface area contributed by atoms with Crippen molar-refractivity contribution in [1.82, 2.24) is 0 Å². The number of hydrogen-bond donors (Lipinski definition) is 0. The molecule has 0 aliphatic carbocycles. The summed E-state index contributed by atoms with van der Waals surface area (Å²) in [5.41, 5.74) is 22.8. The molecule has 0 spiro atoms. The molecule has 4 nitrogen and oxygen atoms in total. The van der Waals surface area contributed by atoms with Crippen molar-refractivity contribution in [2.24, 2.45) is 0 Å². The van der Waals surface area contributed by atoms with Crippen LogP contribution in [-0.2, 0) is 21.7 Å². The van der Waals surface area contributed by atoms with Crippen LogP contribution in [0, 0.1) is 0 Å². The van der Waals surface area contributed by atoms with Gasteiger partial charge >= 0.3 is 0 Å². The third-order valence-corrected chi connectivity index (χ3v) is 15.8. The van der Waals surface area contributed by atoms with E-state index < -0.39 is 0 Å². The number of nitrogens with zero attached hydrogens (tertiary/aromatic N) is 3. The van der Waals surface area contributed by atoms with Crippen LogP contribution in [0.4, 0.5) is 51.2 Å². The van der Waals surface area contributed by atoms with Crippen molar-refractivity contribution >= 4 is 96.2 Å². The van der Waals surface area contributed by atoms with Gasteiger partial charge in [-0.05, 0) is 133 Å². The molecule has 75 heavy (non-hydrogen) atoms. The Morgan fingerprint density at radius 3 is 1.33 bits per heavy atom. The average molecular weight is 978 g/mol. The van der Waals surface area contributed by atoms with E-state index in [1.165, 1.54) is 50.0 Å². The van der Waals surface area contributed by atoms with Crippen LogP contribution in [0.3, 0.4) is 0 Å². The summed E-state index contributed by atoms with van der Waals surface area (Å²) in [6.45, 7) is 27.8. The number of benzene rings is 9. The molecule has 0 fully saturated rings. The monoisotopic (exact) mass is 978 g/mol. The van der Waals surface area contributed by atoms with E-state index >= 15 is 0 Å². The first-order chi connectivity index (χ1) is 35.7. The maximum absolute atomic E-state index is 7.28. The number of anilines is 9. The molecule has 2 aliphatic rings. The summed E-state index contributed by atoms with van der Waals surface area (Å²) in [6, 6.07) is 72.8. The van der Waals surface area contributed by atoms with Gasteiger partial charge in [0.1, 0.15) is 5.58 Å². The van der Waals surface area contributed by atoms with Gasteiger partial charge in [0.05, 0.1) is 11.4 Å². The van der Waals surface area contributed by atoms with Crippen LogP contribution in [0.2, 0.25) is 0 Å². The van der Waals surface area contributed by atoms with E-state index in [0.717, 1.165) is 72.9 Å². The molecule has 0 radical (unpaired) electrons. The van der Waals surface area contributed by atoms with Crippen molar-refractivity contribution < 1.29 is 4.42 Å². The highest BCUT2D eigenvalue weighted by atomic mass is 16.3. The van der Waals surface area contributed by atoms with Gasteiger partial charge in [0.2, 0.25) is 0 Å². The Kier molecular flexibility index (Phi) is 11.2. The van der Waals surface area contributed by atoms with E-state index in [9.17, 15) is 0 Å². The zero-order chi connectivity index (χ0) is 52.3. The molecule has 1 aromatic heterocycles. The van der Waals surface area contributed by atoms with E-state index in [1.54, 1.807) is 0 Å². The Hall–Kier alpha value is -7.76. The van der Waals surface area contributed by atoms with Gasteiger partial charge in [0.25, 0.3) is 6.71 Å². The summed E-state index contributed by atoms with van der Waals surface area (Å²) in [5.74, 6) is 0. The fourth-order valence-corrected chi connectivity index (χ4v) is 11.6. The smallest absolute Gasteiger partial charge is 0.252 e. The van der Waals surface area contributed by atoms with Gasteiger partial charge < -0.3 is 19.1 Å². The van der Waals surface area contributed by atoms with Crippen LogP contribution >= 0.6 is 0 Å². The third-order valence-electron chi connectivity index (χ3n) is 15.8. The molecular formula is C70H68BN3O. The van der Waals surface area contributed by atoms with Gasteiger partial charge in [-0.1, -0.05) is 210 Å². The van der Waals surface area contributed by atoms with Crippen molar-refractivity contribution in [3.05, 3.63) is 216 Å². The molecule has 0 saturated heterocycles. The number of para-hydroxylation sites is 3. The maximum atomic E-state index is 7.28. The van der Waals surface area contributed by atoms with Gasteiger partial charge in [0.15, 0.2) is 5.58 Å². The first kappa shape index (κ1) is 48.2. The second kappa shape index (κ2) is 17.4. The van der Waals surface area contributed by atoms with Crippen LogP contribution in [-0.4, -0.2) is 6.71 Å². The molecule has 9 aromatic carbocycles. The summed E-state index contributed by atoms with van der Waals surface area (Å²) in [7, 11) is 0. The Morgan fingerprint density at radius 2 is 0.827 bits per heavy atom. The molecule has 0 N–H and O–H groups in total. The van der Waals surface area contributed by atoms with Gasteiger partial charge in [0, 0.05) is 56.1 Å². The molecule has 0 bridgehead atoms. The molecule has 5 heteroatoms. The summed E-state index contributed by atoms with van der Waals surface area (Å²) in [4.78, 5) is 7.62. The first-order valence-electron chi connectivity index (χ1n) is 26.9. The fraction of sp³-hybridized carbons (Fsp3) is 0.229. The predicted octanol–water partition coefficient (Wildman–Crippen LogP) is 18.0. The van der Waals surface area contributed by atoms with E-state index in [1.807, 2.05) is 0 Å². The highest BCUT2D eigenvalue weighted by Gasteiger charge is 2.45. The number of rotatable bonds is 6. The van der Waals surface area contributed by atoms with Crippen molar-refractivity contribution in [3.8, 4) is 11.1 Å². The minimum Gasteiger partial charge on any atom is -0.453 e. The third kappa shape index (κ3) is 8.23. The summed E-state index contributed by atoms with van der Waals surface area (Å²) < 4.78 is 7.28. The molecule has 372 valence electrons. The van der Waals surface area contributed by atoms with Crippen molar-refractivity contribution in [2.45, 2.75) is 105 Å². The lowest BCUT2D eigenvalue weighted by Gasteiger charge is -2.46. The molecule has 10 aromatic rings. The predicted molar refractivity (Wildman–Crippen MR) is 323 cm³/mol. The summed E-state index contributed by atoms with van der Waals surface area (Å²) in [5, 5.41) is 2.17. The lowest BCUT2D eigenvalue weighted by molar-refractivity contribution is 0.589. The number of furan rings is 1. The quantitative estimate of drug-likeness (QED) is 0.155. The Bertz CT molecular complexity index is 3690. The molecule has 12 rings (SSSR count). The van der Waals surface area contributed by atoms with Crippen LogP contribution in [0.5, 0.6) is 0 Å². The summed E-state index contributed by atoms with van der Waals surface area (Å²) >= 11 is 0. The zero-order valence-corrected chi connectivity index (χ0v) is 45.8. The summed E-state index contributed by atoms with van der Waals surface area (Å²) in [6.07, 6.45) is 0. The van der Waals surface area contributed by atoms with Crippen LogP contribution in [0.15, 0.2) is 199 Å². The molecule has 0 atom stereocenters. The van der Waals surface area contributed by atoms with Crippen LogP contribution < -0.4 is 31.1 Å². The number of hydrogen-bond acceptors (Lipinski definition) is 4. The average Bonchev–Trinajstić information content (AvgIpc) is 3.81. The second-order valence-electron chi connectivity index (χ2n) is 25.1. The Morgan fingerprint density at radius 1 is 0.373 bits per heavy atom. The highest BCUT2D eigenvalue weighted by molar-refractivity contribution is 7.00. The SMILES string of the molecule is CC(C)(C)c1cccc(N2c3cc(C(C)(C)C)ccc3B3c4ccc(C(C)(C)C)cc4N(c4cccc(C(C)(C)C)c4)c4cc(N(c5ccccc5)c5cccc6c5oc5c(-c7ccccc7)cccc56)cc2c43)c1. The van der Waals surface area contributed by atoms with Crippen molar-refractivity contribution in [2.75, 3.05) is 14.7 Å². The van der Waals surface area contributed by atoms with Gasteiger partial charge in [-0.25, -0.2) is 0 Å². The molecule has 0 saturated carbocycles. The lowest BCUT2D eigenvalue weighted by Crippen LogP contribution is -2.61.